The second-order valence-corrected chi connectivity index (χ2v) is 8.76. The molecule has 0 atom stereocenters. The molecule has 0 aromatic heterocycles. The molecule has 6 nitrogen and oxygen atoms in total. The summed E-state index contributed by atoms with van der Waals surface area (Å²) in [5, 5.41) is 2.95. The van der Waals surface area contributed by atoms with Crippen molar-refractivity contribution in [1.82, 2.24) is 4.31 Å². The maximum Gasteiger partial charge on any atom is 0.227 e. The highest BCUT2D eigenvalue weighted by atomic mass is 32.2. The summed E-state index contributed by atoms with van der Waals surface area (Å²) in [6.45, 7) is 5.95. The fraction of sp³-hybridized carbons (Fsp3) is 0.632. The molecule has 2 rings (SSSR count). The lowest BCUT2D eigenvalue weighted by atomic mass is 9.97. The molecular weight excluding hydrogens is 352 g/mol. The van der Waals surface area contributed by atoms with E-state index in [0.717, 1.165) is 17.7 Å². The van der Waals surface area contributed by atoms with Crippen molar-refractivity contribution < 1.29 is 17.9 Å². The van der Waals surface area contributed by atoms with Crippen LogP contribution in [0.25, 0.3) is 0 Å². The van der Waals surface area contributed by atoms with Crippen LogP contribution < -0.4 is 5.32 Å². The van der Waals surface area contributed by atoms with E-state index in [2.05, 4.69) is 5.32 Å². The van der Waals surface area contributed by atoms with Crippen LogP contribution in [-0.2, 0) is 26.2 Å². The fourth-order valence-corrected chi connectivity index (χ4v) is 4.73. The third-order valence-electron chi connectivity index (χ3n) is 4.64. The smallest absolute Gasteiger partial charge is 0.227 e. The Morgan fingerprint density at radius 3 is 2.65 bits per heavy atom. The lowest BCUT2D eigenvalue weighted by Gasteiger charge is -2.30. The first-order chi connectivity index (χ1) is 12.5. The van der Waals surface area contributed by atoms with Crippen LogP contribution in [0.15, 0.2) is 24.3 Å². The number of ether oxygens (including phenoxy) is 1. The topological polar surface area (TPSA) is 75.7 Å². The van der Waals surface area contributed by atoms with Crippen LogP contribution in [0, 0.1) is 5.92 Å². The third kappa shape index (κ3) is 6.07. The molecule has 146 valence electrons. The van der Waals surface area contributed by atoms with E-state index in [1.54, 1.807) is 0 Å². The number of carbonyl (C=O) groups is 1. The molecule has 0 spiro atoms. The van der Waals surface area contributed by atoms with Gasteiger partial charge < -0.3 is 10.1 Å². The summed E-state index contributed by atoms with van der Waals surface area (Å²) in [5.74, 6) is 0.0137. The highest BCUT2D eigenvalue weighted by Gasteiger charge is 2.30. The van der Waals surface area contributed by atoms with Gasteiger partial charge in [0.2, 0.25) is 15.9 Å². The van der Waals surface area contributed by atoms with Gasteiger partial charge >= 0.3 is 0 Å². The molecule has 1 fully saturated rings. The zero-order valence-electron chi connectivity index (χ0n) is 15.7. The highest BCUT2D eigenvalue weighted by molar-refractivity contribution is 7.89. The van der Waals surface area contributed by atoms with E-state index < -0.39 is 10.0 Å². The molecule has 1 saturated heterocycles. The number of rotatable bonds is 9. The van der Waals surface area contributed by atoms with E-state index in [-0.39, 0.29) is 17.6 Å². The number of carbonyl (C=O) groups excluding carboxylic acids is 1. The number of sulfonamides is 1. The van der Waals surface area contributed by atoms with Gasteiger partial charge in [-0.05, 0) is 43.9 Å². The Morgan fingerprint density at radius 1 is 1.27 bits per heavy atom. The summed E-state index contributed by atoms with van der Waals surface area (Å²) >= 11 is 0. The SMILES string of the molecule is CCCCS(=O)(=O)N1CCC(C(=O)Nc2cccc(COCC)c2)CC1. The second-order valence-electron chi connectivity index (χ2n) is 6.67. The van der Waals surface area contributed by atoms with Crippen molar-refractivity contribution in [2.45, 2.75) is 46.1 Å². The van der Waals surface area contributed by atoms with Crippen LogP contribution in [-0.4, -0.2) is 44.1 Å². The predicted molar refractivity (Wildman–Crippen MR) is 103 cm³/mol. The van der Waals surface area contributed by atoms with Gasteiger partial charge in [0.15, 0.2) is 0 Å². The Kier molecular flexibility index (Phi) is 8.06. The maximum atomic E-state index is 12.5. The Bertz CT molecular complexity index is 683. The molecule has 0 unspecified atom stereocenters. The van der Waals surface area contributed by atoms with E-state index in [4.69, 9.17) is 4.74 Å². The van der Waals surface area contributed by atoms with Crippen LogP contribution in [0.4, 0.5) is 5.69 Å². The van der Waals surface area contributed by atoms with Gasteiger partial charge in [-0.25, -0.2) is 12.7 Å². The summed E-state index contributed by atoms with van der Waals surface area (Å²) in [4.78, 5) is 12.5. The van der Waals surface area contributed by atoms with Crippen molar-refractivity contribution in [2.24, 2.45) is 5.92 Å². The minimum Gasteiger partial charge on any atom is -0.377 e. The Hall–Kier alpha value is -1.44. The lowest BCUT2D eigenvalue weighted by Crippen LogP contribution is -2.42. The zero-order chi connectivity index (χ0) is 19.0. The normalized spacial score (nSPS) is 16.5. The van der Waals surface area contributed by atoms with Gasteiger partial charge in [0.1, 0.15) is 0 Å². The molecule has 1 amide bonds. The van der Waals surface area contributed by atoms with E-state index in [1.807, 2.05) is 38.1 Å². The minimum absolute atomic E-state index is 0.0378. The molecule has 0 aliphatic carbocycles. The van der Waals surface area contributed by atoms with Crippen LogP contribution >= 0.6 is 0 Å². The van der Waals surface area contributed by atoms with E-state index in [9.17, 15) is 13.2 Å². The number of unbranched alkanes of at least 4 members (excludes halogenated alkanes) is 1. The molecule has 26 heavy (non-hydrogen) atoms. The predicted octanol–water partition coefficient (Wildman–Crippen LogP) is 3.00. The molecular formula is C19H30N2O4S. The van der Waals surface area contributed by atoms with E-state index in [0.29, 0.717) is 45.6 Å². The molecule has 1 aliphatic rings. The molecule has 1 aromatic carbocycles. The average Bonchev–Trinajstić information content (AvgIpc) is 2.65. The van der Waals surface area contributed by atoms with Crippen molar-refractivity contribution in [3.05, 3.63) is 29.8 Å². The number of piperidine rings is 1. The highest BCUT2D eigenvalue weighted by Crippen LogP contribution is 2.22. The summed E-state index contributed by atoms with van der Waals surface area (Å²) in [6.07, 6.45) is 2.67. The largest absolute Gasteiger partial charge is 0.377 e. The zero-order valence-corrected chi connectivity index (χ0v) is 16.6. The molecule has 1 heterocycles. The Balaban J connectivity index is 1.87. The summed E-state index contributed by atoms with van der Waals surface area (Å²) < 4.78 is 31.4. The van der Waals surface area contributed by atoms with Crippen molar-refractivity contribution in [1.29, 1.82) is 0 Å². The van der Waals surface area contributed by atoms with Crippen molar-refractivity contribution in [3.63, 3.8) is 0 Å². The minimum atomic E-state index is -3.18. The number of anilines is 1. The number of hydrogen-bond acceptors (Lipinski definition) is 4. The number of nitrogens with zero attached hydrogens (tertiary/aromatic N) is 1. The van der Waals surface area contributed by atoms with Crippen molar-refractivity contribution in [3.8, 4) is 0 Å². The second kappa shape index (κ2) is 10.0. The van der Waals surface area contributed by atoms with Gasteiger partial charge in [-0.3, -0.25) is 4.79 Å². The number of hydrogen-bond donors (Lipinski definition) is 1. The monoisotopic (exact) mass is 382 g/mol. The van der Waals surface area contributed by atoms with E-state index in [1.165, 1.54) is 4.31 Å². The number of benzene rings is 1. The van der Waals surface area contributed by atoms with Crippen LogP contribution in [0.2, 0.25) is 0 Å². The molecule has 1 N–H and O–H groups in total. The van der Waals surface area contributed by atoms with Crippen LogP contribution in [0.3, 0.4) is 0 Å². The summed E-state index contributed by atoms with van der Waals surface area (Å²) in [5.41, 5.74) is 1.77. The molecule has 1 aliphatic heterocycles. The quantitative estimate of drug-likeness (QED) is 0.712. The number of amides is 1. The molecule has 0 bridgehead atoms. The van der Waals surface area contributed by atoms with Gasteiger partial charge in [0.25, 0.3) is 0 Å². The van der Waals surface area contributed by atoms with Gasteiger partial charge in [-0.15, -0.1) is 0 Å². The lowest BCUT2D eigenvalue weighted by molar-refractivity contribution is -0.120. The van der Waals surface area contributed by atoms with Crippen LogP contribution in [0.5, 0.6) is 0 Å². The van der Waals surface area contributed by atoms with Crippen molar-refractivity contribution >= 4 is 21.6 Å². The van der Waals surface area contributed by atoms with Gasteiger partial charge in [0.05, 0.1) is 12.4 Å². The average molecular weight is 383 g/mol. The standard InChI is InChI=1S/C19H30N2O4S/c1-3-5-13-26(23,24)21-11-9-17(10-12-21)19(22)20-18-8-6-7-16(14-18)15-25-4-2/h6-8,14,17H,3-5,9-13,15H2,1-2H3,(H,20,22). The van der Waals surface area contributed by atoms with Gasteiger partial charge in [-0.1, -0.05) is 25.5 Å². The Labute approximate surface area is 157 Å². The fourth-order valence-electron chi connectivity index (χ4n) is 3.06. The summed E-state index contributed by atoms with van der Waals surface area (Å²) in [7, 11) is -3.18. The molecule has 7 heteroatoms. The first-order valence-corrected chi connectivity index (χ1v) is 11.0. The van der Waals surface area contributed by atoms with E-state index >= 15 is 0 Å². The Morgan fingerprint density at radius 2 is 2.00 bits per heavy atom. The maximum absolute atomic E-state index is 12.5. The molecule has 0 saturated carbocycles. The van der Waals surface area contributed by atoms with Gasteiger partial charge in [0, 0.05) is 31.3 Å². The number of nitrogens with one attached hydrogen (secondary N) is 1. The first-order valence-electron chi connectivity index (χ1n) is 9.41. The molecule has 0 radical (unpaired) electrons. The van der Waals surface area contributed by atoms with Crippen LogP contribution in [0.1, 0.15) is 45.1 Å². The third-order valence-corrected chi connectivity index (χ3v) is 6.60. The summed E-state index contributed by atoms with van der Waals surface area (Å²) in [6, 6.07) is 7.63. The van der Waals surface area contributed by atoms with Gasteiger partial charge in [-0.2, -0.15) is 0 Å². The molecule has 1 aromatic rings. The first kappa shape index (κ1) is 20.9. The van der Waals surface area contributed by atoms with Crippen molar-refractivity contribution in [2.75, 3.05) is 30.8 Å².